The minimum absolute atomic E-state index is 0.00736. The standard InChI is InChI=1S/C17H12F3N3O2S/c18-17(19,20)12-6-7-13(14(10-12)23(24)25)22-15(16-21-8-9-26-16)11-4-2-1-3-5-11/h1-10,15,22H. The van der Waals surface area contributed by atoms with Gasteiger partial charge in [-0.05, 0) is 17.7 Å². The van der Waals surface area contributed by atoms with E-state index in [-0.39, 0.29) is 5.69 Å². The first-order valence-corrected chi connectivity index (χ1v) is 8.31. The molecule has 0 spiro atoms. The molecule has 0 aliphatic rings. The number of hydrogen-bond donors (Lipinski definition) is 1. The molecule has 0 fully saturated rings. The average molecular weight is 379 g/mol. The van der Waals surface area contributed by atoms with Gasteiger partial charge < -0.3 is 5.32 Å². The highest BCUT2D eigenvalue weighted by Crippen LogP contribution is 2.37. The van der Waals surface area contributed by atoms with Gasteiger partial charge in [0.2, 0.25) is 0 Å². The number of aromatic nitrogens is 1. The highest BCUT2D eigenvalue weighted by atomic mass is 32.1. The fourth-order valence-corrected chi connectivity index (χ4v) is 3.16. The van der Waals surface area contributed by atoms with Crippen LogP contribution in [-0.2, 0) is 6.18 Å². The summed E-state index contributed by atoms with van der Waals surface area (Å²) in [6.07, 6.45) is -3.06. The van der Waals surface area contributed by atoms with Crippen LogP contribution in [0.3, 0.4) is 0 Å². The minimum atomic E-state index is -4.66. The van der Waals surface area contributed by atoms with Gasteiger partial charge in [0, 0.05) is 17.6 Å². The summed E-state index contributed by atoms with van der Waals surface area (Å²) in [4.78, 5) is 14.7. The molecule has 5 nitrogen and oxygen atoms in total. The monoisotopic (exact) mass is 379 g/mol. The van der Waals surface area contributed by atoms with E-state index in [1.54, 1.807) is 23.7 Å². The van der Waals surface area contributed by atoms with E-state index < -0.39 is 28.4 Å². The number of hydrogen-bond acceptors (Lipinski definition) is 5. The molecule has 26 heavy (non-hydrogen) atoms. The maximum atomic E-state index is 12.9. The Labute approximate surface area is 150 Å². The van der Waals surface area contributed by atoms with Gasteiger partial charge in [-0.3, -0.25) is 10.1 Å². The number of nitro benzene ring substituents is 1. The number of nitrogens with one attached hydrogen (secondary N) is 1. The molecule has 3 aromatic rings. The van der Waals surface area contributed by atoms with E-state index in [1.165, 1.54) is 11.3 Å². The summed E-state index contributed by atoms with van der Waals surface area (Å²) < 4.78 is 38.6. The van der Waals surface area contributed by atoms with Crippen molar-refractivity contribution in [2.45, 2.75) is 12.2 Å². The minimum Gasteiger partial charge on any atom is -0.366 e. The summed E-state index contributed by atoms with van der Waals surface area (Å²) >= 11 is 1.34. The Morgan fingerprint density at radius 1 is 1.15 bits per heavy atom. The van der Waals surface area contributed by atoms with Crippen molar-refractivity contribution in [1.29, 1.82) is 0 Å². The molecular formula is C17H12F3N3O2S. The number of benzene rings is 2. The lowest BCUT2D eigenvalue weighted by atomic mass is 10.1. The Balaban J connectivity index is 2.03. The van der Waals surface area contributed by atoms with Gasteiger partial charge in [-0.2, -0.15) is 13.2 Å². The van der Waals surface area contributed by atoms with Gasteiger partial charge in [-0.15, -0.1) is 11.3 Å². The summed E-state index contributed by atoms with van der Waals surface area (Å²) in [5, 5.41) is 16.7. The second-order valence-electron chi connectivity index (χ2n) is 5.35. The molecule has 0 aliphatic carbocycles. The van der Waals surface area contributed by atoms with Crippen molar-refractivity contribution in [3.8, 4) is 0 Å². The van der Waals surface area contributed by atoms with Crippen molar-refractivity contribution >= 4 is 22.7 Å². The topological polar surface area (TPSA) is 68.1 Å². The van der Waals surface area contributed by atoms with Crippen molar-refractivity contribution < 1.29 is 18.1 Å². The Hall–Kier alpha value is -2.94. The molecule has 0 saturated heterocycles. The van der Waals surface area contributed by atoms with E-state index in [4.69, 9.17) is 0 Å². The zero-order chi connectivity index (χ0) is 18.7. The van der Waals surface area contributed by atoms with Gasteiger partial charge in [0.05, 0.1) is 10.5 Å². The molecule has 0 aliphatic heterocycles. The van der Waals surface area contributed by atoms with Crippen LogP contribution in [0.2, 0.25) is 0 Å². The van der Waals surface area contributed by atoms with Crippen LogP contribution in [0.15, 0.2) is 60.1 Å². The van der Waals surface area contributed by atoms with Crippen LogP contribution in [0.4, 0.5) is 24.5 Å². The molecule has 3 rings (SSSR count). The van der Waals surface area contributed by atoms with Crippen LogP contribution in [0.25, 0.3) is 0 Å². The fourth-order valence-electron chi connectivity index (χ4n) is 2.45. The zero-order valence-electron chi connectivity index (χ0n) is 13.1. The molecule has 0 bridgehead atoms. The second kappa shape index (κ2) is 7.12. The molecule has 0 saturated carbocycles. The van der Waals surface area contributed by atoms with Crippen molar-refractivity contribution in [3.05, 3.63) is 86.4 Å². The number of nitro groups is 1. The molecule has 1 N–H and O–H groups in total. The van der Waals surface area contributed by atoms with Crippen molar-refractivity contribution in [1.82, 2.24) is 4.98 Å². The lowest BCUT2D eigenvalue weighted by Crippen LogP contribution is -2.14. The summed E-state index contributed by atoms with van der Waals surface area (Å²) in [6, 6.07) is 11.0. The molecule has 0 amide bonds. The van der Waals surface area contributed by atoms with E-state index in [1.807, 2.05) is 18.2 Å². The van der Waals surface area contributed by atoms with E-state index in [2.05, 4.69) is 10.3 Å². The molecule has 1 unspecified atom stereocenters. The lowest BCUT2D eigenvalue weighted by molar-refractivity contribution is -0.384. The summed E-state index contributed by atoms with van der Waals surface area (Å²) in [6.45, 7) is 0. The van der Waals surface area contributed by atoms with Gasteiger partial charge in [0.1, 0.15) is 16.7 Å². The number of halogens is 3. The van der Waals surface area contributed by atoms with Gasteiger partial charge in [0.25, 0.3) is 5.69 Å². The Morgan fingerprint density at radius 3 is 2.46 bits per heavy atom. The number of thiazole rings is 1. The third-order valence-corrected chi connectivity index (χ3v) is 4.49. The first kappa shape index (κ1) is 17.9. The smallest absolute Gasteiger partial charge is 0.366 e. The molecule has 9 heteroatoms. The lowest BCUT2D eigenvalue weighted by Gasteiger charge is -2.19. The third kappa shape index (κ3) is 3.83. The SMILES string of the molecule is O=[N+]([O-])c1cc(C(F)(F)F)ccc1NC(c1ccccc1)c1nccs1. The summed E-state index contributed by atoms with van der Waals surface area (Å²) in [5.41, 5.74) is -0.929. The third-order valence-electron chi connectivity index (χ3n) is 3.65. The Morgan fingerprint density at radius 2 is 1.88 bits per heavy atom. The van der Waals surface area contributed by atoms with Crippen LogP contribution in [-0.4, -0.2) is 9.91 Å². The molecule has 1 heterocycles. The predicted molar refractivity (Wildman–Crippen MR) is 92.1 cm³/mol. The number of anilines is 1. The van der Waals surface area contributed by atoms with Crippen LogP contribution in [0.5, 0.6) is 0 Å². The van der Waals surface area contributed by atoms with Crippen molar-refractivity contribution in [2.24, 2.45) is 0 Å². The number of rotatable bonds is 5. The normalized spacial score (nSPS) is 12.6. The van der Waals surface area contributed by atoms with Crippen LogP contribution in [0, 0.1) is 10.1 Å². The van der Waals surface area contributed by atoms with E-state index in [9.17, 15) is 23.3 Å². The first-order valence-electron chi connectivity index (χ1n) is 7.43. The maximum Gasteiger partial charge on any atom is 0.416 e. The summed E-state index contributed by atoms with van der Waals surface area (Å²) in [7, 11) is 0. The molecular weight excluding hydrogens is 367 g/mol. The van der Waals surface area contributed by atoms with Crippen molar-refractivity contribution in [3.63, 3.8) is 0 Å². The van der Waals surface area contributed by atoms with Gasteiger partial charge >= 0.3 is 6.18 Å². The largest absolute Gasteiger partial charge is 0.416 e. The molecule has 1 aromatic heterocycles. The average Bonchev–Trinajstić information content (AvgIpc) is 3.13. The van der Waals surface area contributed by atoms with Crippen LogP contribution >= 0.6 is 11.3 Å². The van der Waals surface area contributed by atoms with E-state index in [0.717, 1.165) is 17.7 Å². The van der Waals surface area contributed by atoms with Crippen molar-refractivity contribution in [2.75, 3.05) is 5.32 Å². The highest BCUT2D eigenvalue weighted by molar-refractivity contribution is 7.09. The Bertz CT molecular complexity index is 899. The Kier molecular flexibility index (Phi) is 4.90. The van der Waals surface area contributed by atoms with E-state index in [0.29, 0.717) is 11.1 Å². The van der Waals surface area contributed by atoms with Gasteiger partial charge in [-0.25, -0.2) is 4.98 Å². The zero-order valence-corrected chi connectivity index (χ0v) is 13.9. The predicted octanol–water partition coefficient (Wildman–Crippen LogP) is 5.27. The summed E-state index contributed by atoms with van der Waals surface area (Å²) in [5.74, 6) is 0. The fraction of sp³-hybridized carbons (Fsp3) is 0.118. The van der Waals surface area contributed by atoms with Gasteiger partial charge in [0.15, 0.2) is 0 Å². The molecule has 134 valence electrons. The van der Waals surface area contributed by atoms with Crippen LogP contribution in [0.1, 0.15) is 22.2 Å². The van der Waals surface area contributed by atoms with Gasteiger partial charge in [-0.1, -0.05) is 30.3 Å². The van der Waals surface area contributed by atoms with E-state index >= 15 is 0 Å². The quantitative estimate of drug-likeness (QED) is 0.484. The number of alkyl halides is 3. The molecule has 0 radical (unpaired) electrons. The highest BCUT2D eigenvalue weighted by Gasteiger charge is 2.33. The maximum absolute atomic E-state index is 12.9. The number of nitrogens with zero attached hydrogens (tertiary/aromatic N) is 2. The molecule has 1 atom stereocenters. The molecule has 2 aromatic carbocycles. The van der Waals surface area contributed by atoms with Crippen LogP contribution < -0.4 is 5.32 Å². The first-order chi connectivity index (χ1) is 12.4. The second-order valence-corrected chi connectivity index (χ2v) is 6.27.